The summed E-state index contributed by atoms with van der Waals surface area (Å²) in [7, 11) is 0. The summed E-state index contributed by atoms with van der Waals surface area (Å²) in [5.41, 5.74) is 0. The van der Waals surface area contributed by atoms with E-state index in [-0.39, 0.29) is 13.2 Å². The summed E-state index contributed by atoms with van der Waals surface area (Å²) in [5.74, 6) is 0. The Balaban J connectivity index is 3.90. The van der Waals surface area contributed by atoms with Crippen LogP contribution in [0, 0.1) is 0 Å². The van der Waals surface area contributed by atoms with Crippen molar-refractivity contribution in [2.45, 2.75) is 26.7 Å². The maximum atomic E-state index is 9.25. The fourth-order valence-corrected chi connectivity index (χ4v) is 1.99. The first kappa shape index (κ1) is 12.6. The van der Waals surface area contributed by atoms with Gasteiger partial charge < -0.3 is 0 Å². The van der Waals surface area contributed by atoms with Crippen molar-refractivity contribution in [1.82, 2.24) is 0 Å². The molecule has 0 aromatic rings. The first-order valence-corrected chi connectivity index (χ1v) is 6.81. The Morgan fingerprint density at radius 3 is 1.67 bits per heavy atom. The van der Waals surface area contributed by atoms with Gasteiger partial charge in [-0.25, -0.2) is 0 Å². The van der Waals surface area contributed by atoms with Crippen LogP contribution in [0.3, 0.4) is 0 Å². The van der Waals surface area contributed by atoms with E-state index in [0.717, 1.165) is 0 Å². The molecule has 2 N–H and O–H groups in total. The normalized spacial score (nSPS) is 15.6. The minimum absolute atomic E-state index is 0.179. The van der Waals surface area contributed by atoms with Crippen LogP contribution in [0.5, 0.6) is 0 Å². The van der Waals surface area contributed by atoms with Gasteiger partial charge in [-0.2, -0.15) is 0 Å². The van der Waals surface area contributed by atoms with Crippen LogP contribution in [0.15, 0.2) is 0 Å². The zero-order valence-electron chi connectivity index (χ0n) is 7.36. The summed E-state index contributed by atoms with van der Waals surface area (Å²) in [4.78, 5) is 18.5. The van der Waals surface area contributed by atoms with Gasteiger partial charge >= 0.3 is 76.8 Å². The van der Waals surface area contributed by atoms with Gasteiger partial charge in [-0.15, -0.1) is 0 Å². The number of rotatable bonds is 6. The van der Waals surface area contributed by atoms with Crippen LogP contribution in [0.2, 0.25) is 0 Å². The number of hydrogen-bond donors (Lipinski definition) is 2. The van der Waals surface area contributed by atoms with Crippen LogP contribution in [-0.2, 0) is 9.05 Å². The third kappa shape index (κ3) is 6.12. The molecule has 6 heteroatoms. The van der Waals surface area contributed by atoms with E-state index in [1.807, 2.05) is 13.8 Å². The van der Waals surface area contributed by atoms with Gasteiger partial charge in [0.1, 0.15) is 0 Å². The molecule has 0 bridgehead atoms. The third-order valence-corrected chi connectivity index (χ3v) is 2.84. The molecule has 0 saturated heterocycles. The SMILES string of the molecule is CCCOP(O)(O)(Cl)OCCC. The molecule has 0 saturated carbocycles. The van der Waals surface area contributed by atoms with E-state index in [0.29, 0.717) is 12.8 Å². The Labute approximate surface area is 77.5 Å². The fourth-order valence-electron chi connectivity index (χ4n) is 0.527. The zero-order chi connectivity index (χ0) is 9.69. The average molecular weight is 219 g/mol. The van der Waals surface area contributed by atoms with Crippen molar-refractivity contribution in [2.24, 2.45) is 0 Å². The van der Waals surface area contributed by atoms with Crippen LogP contribution < -0.4 is 0 Å². The predicted molar refractivity (Wildman–Crippen MR) is 49.7 cm³/mol. The van der Waals surface area contributed by atoms with Gasteiger partial charge in [-0.3, -0.25) is 0 Å². The second kappa shape index (κ2) is 4.70. The molecule has 0 fully saturated rings. The molecule has 0 unspecified atom stereocenters. The van der Waals surface area contributed by atoms with Crippen LogP contribution in [0.1, 0.15) is 26.7 Å². The molecule has 0 aliphatic rings. The van der Waals surface area contributed by atoms with Gasteiger partial charge in [0.15, 0.2) is 0 Å². The van der Waals surface area contributed by atoms with Gasteiger partial charge in [-0.1, -0.05) is 0 Å². The summed E-state index contributed by atoms with van der Waals surface area (Å²) in [6.45, 7) is -0.703. The second-order valence-electron chi connectivity index (χ2n) is 2.45. The Morgan fingerprint density at radius 1 is 1.08 bits per heavy atom. The molecule has 0 aromatic heterocycles. The van der Waals surface area contributed by atoms with E-state index >= 15 is 0 Å². The molecular formula is C6H16ClO4P. The predicted octanol–water partition coefficient (Wildman–Crippen LogP) is 2.19. The van der Waals surface area contributed by atoms with Crippen molar-refractivity contribution in [3.63, 3.8) is 0 Å². The van der Waals surface area contributed by atoms with Crippen LogP contribution in [-0.4, -0.2) is 23.0 Å². The van der Waals surface area contributed by atoms with Crippen LogP contribution in [0.25, 0.3) is 0 Å². The summed E-state index contributed by atoms with van der Waals surface area (Å²) in [6, 6.07) is 0. The second-order valence-corrected chi connectivity index (χ2v) is 6.26. The Bertz CT molecular complexity index is 121. The summed E-state index contributed by atoms with van der Waals surface area (Å²) < 4.78 is 9.31. The van der Waals surface area contributed by atoms with E-state index in [9.17, 15) is 9.79 Å². The molecule has 0 atom stereocenters. The topological polar surface area (TPSA) is 58.9 Å². The summed E-state index contributed by atoms with van der Waals surface area (Å²) in [5, 5.41) is 0. The molecule has 0 aliphatic carbocycles. The van der Waals surface area contributed by atoms with Gasteiger partial charge in [0.2, 0.25) is 0 Å². The molecule has 0 rings (SSSR count). The van der Waals surface area contributed by atoms with E-state index in [2.05, 4.69) is 9.05 Å². The van der Waals surface area contributed by atoms with Gasteiger partial charge in [0.05, 0.1) is 0 Å². The molecule has 76 valence electrons. The summed E-state index contributed by atoms with van der Waals surface area (Å²) in [6.07, 6.45) is 1.31. The Kier molecular flexibility index (Phi) is 4.92. The first-order valence-electron chi connectivity index (χ1n) is 3.93. The van der Waals surface area contributed by atoms with Crippen molar-refractivity contribution in [3.05, 3.63) is 0 Å². The monoisotopic (exact) mass is 218 g/mol. The first-order chi connectivity index (χ1) is 5.39. The van der Waals surface area contributed by atoms with Gasteiger partial charge in [0.25, 0.3) is 0 Å². The minimum atomic E-state index is -4.73. The van der Waals surface area contributed by atoms with Gasteiger partial charge in [0, 0.05) is 0 Å². The Hall–Kier alpha value is 0.560. The molecule has 4 nitrogen and oxygen atoms in total. The molecule has 0 amide bonds. The molecule has 12 heavy (non-hydrogen) atoms. The van der Waals surface area contributed by atoms with E-state index in [4.69, 9.17) is 11.2 Å². The number of hydrogen-bond acceptors (Lipinski definition) is 4. The molecule has 0 spiro atoms. The average Bonchev–Trinajstić information content (AvgIpc) is 1.97. The molecular weight excluding hydrogens is 202 g/mol. The van der Waals surface area contributed by atoms with Crippen LogP contribution in [0.4, 0.5) is 0 Å². The van der Waals surface area contributed by atoms with Crippen LogP contribution >= 0.6 is 18.1 Å². The van der Waals surface area contributed by atoms with Gasteiger partial charge in [-0.05, 0) is 0 Å². The third-order valence-electron chi connectivity index (χ3n) is 1.02. The van der Waals surface area contributed by atoms with Crippen molar-refractivity contribution in [1.29, 1.82) is 0 Å². The molecule has 0 aliphatic heterocycles. The molecule has 0 aromatic carbocycles. The summed E-state index contributed by atoms with van der Waals surface area (Å²) >= 11 is 5.35. The maximum absolute atomic E-state index is 9.25. The quantitative estimate of drug-likeness (QED) is 0.671. The van der Waals surface area contributed by atoms with Crippen molar-refractivity contribution in [3.8, 4) is 0 Å². The fraction of sp³-hybridized carbons (Fsp3) is 1.00. The zero-order valence-corrected chi connectivity index (χ0v) is 9.01. The standard InChI is InChI=1S/C6H16ClO4P/c1-3-5-10-12(7,8,9)11-6-4-2/h8-9H,3-6H2,1-2H3. The van der Waals surface area contributed by atoms with Crippen molar-refractivity contribution < 1.29 is 18.8 Å². The van der Waals surface area contributed by atoms with Crippen molar-refractivity contribution in [2.75, 3.05) is 13.2 Å². The molecule has 0 radical (unpaired) electrons. The Morgan fingerprint density at radius 2 is 1.42 bits per heavy atom. The van der Waals surface area contributed by atoms with E-state index in [1.165, 1.54) is 0 Å². The molecule has 0 heterocycles. The van der Waals surface area contributed by atoms with E-state index < -0.39 is 6.86 Å². The number of halogens is 1. The van der Waals surface area contributed by atoms with Crippen molar-refractivity contribution >= 4 is 18.1 Å². The van der Waals surface area contributed by atoms with E-state index in [1.54, 1.807) is 0 Å².